The van der Waals surface area contributed by atoms with Gasteiger partial charge in [0, 0.05) is 11.7 Å². The molecule has 1 unspecified atom stereocenters. The molecule has 21 heavy (non-hydrogen) atoms. The number of hydrogen-bond acceptors (Lipinski definition) is 2. The second kappa shape index (κ2) is 6.45. The Bertz CT molecular complexity index is 646. The zero-order valence-corrected chi connectivity index (χ0v) is 12.1. The highest BCUT2D eigenvalue weighted by atomic mass is 35.5. The summed E-state index contributed by atoms with van der Waals surface area (Å²) in [6.45, 7) is 1.95. The summed E-state index contributed by atoms with van der Waals surface area (Å²) in [7, 11) is 0. The predicted molar refractivity (Wildman–Crippen MR) is 83.1 cm³/mol. The first kappa shape index (κ1) is 15.1. The van der Waals surface area contributed by atoms with Gasteiger partial charge in [0.25, 0.3) is 0 Å². The molecule has 1 atom stereocenters. The van der Waals surface area contributed by atoms with E-state index in [0.717, 1.165) is 5.56 Å². The lowest BCUT2D eigenvalue weighted by Gasteiger charge is -2.17. The van der Waals surface area contributed by atoms with Gasteiger partial charge in [0.15, 0.2) is 0 Å². The van der Waals surface area contributed by atoms with Crippen LogP contribution in [0.4, 0.5) is 20.6 Å². The van der Waals surface area contributed by atoms with E-state index in [1.54, 1.807) is 18.2 Å². The predicted octanol–water partition coefficient (Wildman–Crippen LogP) is 4.14. The summed E-state index contributed by atoms with van der Waals surface area (Å²) in [6, 6.07) is 10.8. The number of hydrogen-bond donors (Lipinski definition) is 3. The molecule has 0 aliphatic carbocycles. The standard InChI is InChI=1S/C15H15ClFN3O/c1-9(19-14-7-4-11(17)8-13(14)16)10-2-5-12(6-3-10)20-15(18)21/h2-9,19H,1H3,(H3,18,20,21). The Balaban J connectivity index is 2.09. The minimum Gasteiger partial charge on any atom is -0.377 e. The van der Waals surface area contributed by atoms with Crippen LogP contribution in [0, 0.1) is 5.82 Å². The third-order valence-electron chi connectivity index (χ3n) is 2.98. The molecule has 0 spiro atoms. The fourth-order valence-electron chi connectivity index (χ4n) is 1.92. The number of halogens is 2. The first-order valence-electron chi connectivity index (χ1n) is 6.33. The zero-order chi connectivity index (χ0) is 15.4. The number of rotatable bonds is 4. The maximum absolute atomic E-state index is 13.0. The molecule has 2 aromatic carbocycles. The van der Waals surface area contributed by atoms with E-state index >= 15 is 0 Å². The summed E-state index contributed by atoms with van der Waals surface area (Å²) in [5.41, 5.74) is 7.32. The summed E-state index contributed by atoms with van der Waals surface area (Å²) in [5, 5.41) is 6.02. The zero-order valence-electron chi connectivity index (χ0n) is 11.4. The molecule has 2 aromatic rings. The number of primary amides is 1. The van der Waals surface area contributed by atoms with Crippen molar-refractivity contribution in [2.24, 2.45) is 5.73 Å². The Labute approximate surface area is 127 Å². The number of urea groups is 1. The quantitative estimate of drug-likeness (QED) is 0.794. The highest BCUT2D eigenvalue weighted by Gasteiger charge is 2.08. The van der Waals surface area contributed by atoms with Gasteiger partial charge in [-0.05, 0) is 42.8 Å². The second-order valence-corrected chi connectivity index (χ2v) is 5.01. The summed E-state index contributed by atoms with van der Waals surface area (Å²) >= 11 is 5.98. The van der Waals surface area contributed by atoms with E-state index < -0.39 is 6.03 Å². The molecule has 2 rings (SSSR count). The summed E-state index contributed by atoms with van der Waals surface area (Å²) < 4.78 is 13.0. The molecule has 6 heteroatoms. The van der Waals surface area contributed by atoms with Gasteiger partial charge in [-0.3, -0.25) is 0 Å². The number of nitrogens with two attached hydrogens (primary N) is 1. The van der Waals surface area contributed by atoms with Crippen LogP contribution in [0.25, 0.3) is 0 Å². The minimum absolute atomic E-state index is 0.0319. The van der Waals surface area contributed by atoms with Crippen molar-refractivity contribution in [2.75, 3.05) is 10.6 Å². The van der Waals surface area contributed by atoms with Crippen LogP contribution in [-0.4, -0.2) is 6.03 Å². The van der Waals surface area contributed by atoms with E-state index in [1.807, 2.05) is 19.1 Å². The van der Waals surface area contributed by atoms with Gasteiger partial charge < -0.3 is 16.4 Å². The Hall–Kier alpha value is -2.27. The van der Waals surface area contributed by atoms with Gasteiger partial charge in [0.1, 0.15) is 5.82 Å². The van der Waals surface area contributed by atoms with Crippen LogP contribution in [0.15, 0.2) is 42.5 Å². The summed E-state index contributed by atoms with van der Waals surface area (Å²) in [5.74, 6) is -0.375. The lowest BCUT2D eigenvalue weighted by atomic mass is 10.1. The van der Waals surface area contributed by atoms with Crippen molar-refractivity contribution in [2.45, 2.75) is 13.0 Å². The number of anilines is 2. The topological polar surface area (TPSA) is 67.2 Å². The molecule has 0 fully saturated rings. The monoisotopic (exact) mass is 307 g/mol. The van der Waals surface area contributed by atoms with E-state index in [2.05, 4.69) is 10.6 Å². The average molecular weight is 308 g/mol. The Morgan fingerprint density at radius 1 is 1.24 bits per heavy atom. The van der Waals surface area contributed by atoms with Gasteiger partial charge in [0.2, 0.25) is 0 Å². The van der Waals surface area contributed by atoms with Crippen molar-refractivity contribution in [1.82, 2.24) is 0 Å². The molecule has 0 saturated carbocycles. The first-order valence-corrected chi connectivity index (χ1v) is 6.71. The number of carbonyl (C=O) groups is 1. The first-order chi connectivity index (χ1) is 9.95. The fraction of sp³-hybridized carbons (Fsp3) is 0.133. The second-order valence-electron chi connectivity index (χ2n) is 4.60. The van der Waals surface area contributed by atoms with Crippen molar-refractivity contribution >= 4 is 29.0 Å². The molecule has 2 amide bonds. The van der Waals surface area contributed by atoms with Crippen molar-refractivity contribution in [3.05, 3.63) is 58.9 Å². The Kier molecular flexibility index (Phi) is 4.65. The van der Waals surface area contributed by atoms with Crippen molar-refractivity contribution < 1.29 is 9.18 Å². The Morgan fingerprint density at radius 3 is 2.48 bits per heavy atom. The highest BCUT2D eigenvalue weighted by molar-refractivity contribution is 6.33. The van der Waals surface area contributed by atoms with Crippen LogP contribution >= 0.6 is 11.6 Å². The van der Waals surface area contributed by atoms with Crippen molar-refractivity contribution in [3.8, 4) is 0 Å². The lowest BCUT2D eigenvalue weighted by molar-refractivity contribution is 0.259. The van der Waals surface area contributed by atoms with E-state index in [-0.39, 0.29) is 11.9 Å². The molecule has 0 saturated heterocycles. The maximum Gasteiger partial charge on any atom is 0.316 e. The molecule has 0 aliphatic rings. The van der Waals surface area contributed by atoms with E-state index in [0.29, 0.717) is 16.4 Å². The van der Waals surface area contributed by atoms with Gasteiger partial charge in [-0.15, -0.1) is 0 Å². The van der Waals surface area contributed by atoms with Crippen LogP contribution in [0.5, 0.6) is 0 Å². The number of nitrogens with one attached hydrogen (secondary N) is 2. The molecule has 0 aliphatic heterocycles. The molecular formula is C15H15ClFN3O. The third-order valence-corrected chi connectivity index (χ3v) is 3.29. The fourth-order valence-corrected chi connectivity index (χ4v) is 2.14. The Morgan fingerprint density at radius 2 is 1.90 bits per heavy atom. The largest absolute Gasteiger partial charge is 0.377 e. The molecule has 4 N–H and O–H groups in total. The van der Waals surface area contributed by atoms with Crippen molar-refractivity contribution in [3.63, 3.8) is 0 Å². The highest BCUT2D eigenvalue weighted by Crippen LogP contribution is 2.27. The van der Waals surface area contributed by atoms with Crippen LogP contribution < -0.4 is 16.4 Å². The van der Waals surface area contributed by atoms with Crippen LogP contribution in [-0.2, 0) is 0 Å². The SMILES string of the molecule is CC(Nc1ccc(F)cc1Cl)c1ccc(NC(N)=O)cc1. The van der Waals surface area contributed by atoms with Crippen LogP contribution in [0.2, 0.25) is 5.02 Å². The van der Waals surface area contributed by atoms with Gasteiger partial charge in [-0.25, -0.2) is 9.18 Å². The number of carbonyl (C=O) groups excluding carboxylic acids is 1. The molecule has 0 bridgehead atoms. The maximum atomic E-state index is 13.0. The smallest absolute Gasteiger partial charge is 0.316 e. The number of benzene rings is 2. The van der Waals surface area contributed by atoms with Crippen LogP contribution in [0.1, 0.15) is 18.5 Å². The number of amides is 2. The summed E-state index contributed by atoms with van der Waals surface area (Å²) in [4.78, 5) is 10.7. The minimum atomic E-state index is -0.605. The van der Waals surface area contributed by atoms with Crippen molar-refractivity contribution in [1.29, 1.82) is 0 Å². The van der Waals surface area contributed by atoms with Gasteiger partial charge in [-0.2, -0.15) is 0 Å². The van der Waals surface area contributed by atoms with E-state index in [4.69, 9.17) is 17.3 Å². The summed E-state index contributed by atoms with van der Waals surface area (Å²) in [6.07, 6.45) is 0. The lowest BCUT2D eigenvalue weighted by Crippen LogP contribution is -2.19. The molecule has 4 nitrogen and oxygen atoms in total. The molecule has 0 radical (unpaired) electrons. The average Bonchev–Trinajstić information content (AvgIpc) is 2.42. The van der Waals surface area contributed by atoms with E-state index in [9.17, 15) is 9.18 Å². The van der Waals surface area contributed by atoms with Gasteiger partial charge >= 0.3 is 6.03 Å². The molecule has 0 heterocycles. The van der Waals surface area contributed by atoms with Gasteiger partial charge in [0.05, 0.1) is 10.7 Å². The van der Waals surface area contributed by atoms with Gasteiger partial charge in [-0.1, -0.05) is 23.7 Å². The van der Waals surface area contributed by atoms with E-state index in [1.165, 1.54) is 12.1 Å². The van der Waals surface area contributed by atoms with Crippen LogP contribution in [0.3, 0.4) is 0 Å². The molecule has 110 valence electrons. The normalized spacial score (nSPS) is 11.8. The molecular weight excluding hydrogens is 293 g/mol. The molecule has 0 aromatic heterocycles. The third kappa shape index (κ3) is 4.10.